The molecule has 1 aliphatic heterocycles. The average Bonchev–Trinajstić information content (AvgIpc) is 3.07. The molecular weight excluding hydrogens is 438 g/mol. The number of benzene rings is 1. The lowest BCUT2D eigenvalue weighted by Crippen LogP contribution is -2.20. The molecule has 0 aliphatic carbocycles. The second kappa shape index (κ2) is 9.93. The maximum absolute atomic E-state index is 12.5. The summed E-state index contributed by atoms with van der Waals surface area (Å²) in [7, 11) is -3.21. The molecule has 9 heteroatoms. The largest absolute Gasteiger partial charge is 0.490 e. The highest BCUT2D eigenvalue weighted by Crippen LogP contribution is 2.38. The number of rotatable bonds is 8. The number of esters is 1. The fourth-order valence-electron chi connectivity index (χ4n) is 3.09. The van der Waals surface area contributed by atoms with Gasteiger partial charge in [-0.2, -0.15) is 0 Å². The van der Waals surface area contributed by atoms with Gasteiger partial charge in [-0.25, -0.2) is 13.2 Å². The summed E-state index contributed by atoms with van der Waals surface area (Å²) in [5.41, 5.74) is 1.69. The van der Waals surface area contributed by atoms with E-state index in [9.17, 15) is 18.0 Å². The van der Waals surface area contributed by atoms with Crippen LogP contribution in [0.15, 0.2) is 43.0 Å². The maximum Gasteiger partial charge on any atom is 0.341 e. The first kappa shape index (κ1) is 22.8. The summed E-state index contributed by atoms with van der Waals surface area (Å²) in [5, 5.41) is 3.01. The molecule has 2 aromatic rings. The van der Waals surface area contributed by atoms with E-state index < -0.39 is 21.7 Å². The highest BCUT2D eigenvalue weighted by molar-refractivity contribution is 7.90. The molecule has 1 aliphatic rings. The van der Waals surface area contributed by atoms with Gasteiger partial charge in [-0.1, -0.05) is 24.8 Å². The van der Waals surface area contributed by atoms with Gasteiger partial charge in [-0.15, -0.1) is 11.3 Å². The monoisotopic (exact) mass is 461 g/mol. The number of thiophene rings is 1. The molecule has 0 spiro atoms. The zero-order chi connectivity index (χ0) is 22.4. The lowest BCUT2D eigenvalue weighted by molar-refractivity contribution is -0.111. The van der Waals surface area contributed by atoms with Gasteiger partial charge in [0.15, 0.2) is 9.84 Å². The van der Waals surface area contributed by atoms with Crippen LogP contribution in [0.5, 0.6) is 5.75 Å². The van der Waals surface area contributed by atoms with E-state index >= 15 is 0 Å². The highest BCUT2D eigenvalue weighted by atomic mass is 32.2. The Labute approximate surface area is 185 Å². The van der Waals surface area contributed by atoms with Gasteiger partial charge in [0, 0.05) is 11.0 Å². The lowest BCUT2D eigenvalue weighted by atomic mass is 10.1. The van der Waals surface area contributed by atoms with Crippen molar-refractivity contribution in [3.05, 3.63) is 64.6 Å². The Morgan fingerprint density at radius 2 is 2.00 bits per heavy atom. The van der Waals surface area contributed by atoms with Crippen molar-refractivity contribution in [3.63, 3.8) is 0 Å². The van der Waals surface area contributed by atoms with Crippen molar-refractivity contribution in [2.75, 3.05) is 24.3 Å². The van der Waals surface area contributed by atoms with Crippen LogP contribution in [0.1, 0.15) is 33.3 Å². The number of ether oxygens (including phenoxy) is 2. The summed E-state index contributed by atoms with van der Waals surface area (Å²) in [5.74, 6) is -0.457. The van der Waals surface area contributed by atoms with E-state index in [0.29, 0.717) is 27.8 Å². The molecule has 0 bridgehead atoms. The predicted molar refractivity (Wildman–Crippen MR) is 121 cm³/mol. The van der Waals surface area contributed by atoms with Crippen molar-refractivity contribution in [1.29, 1.82) is 0 Å². The molecule has 0 saturated carbocycles. The third-order valence-corrected chi connectivity index (χ3v) is 7.38. The van der Waals surface area contributed by atoms with Crippen molar-refractivity contribution in [1.82, 2.24) is 0 Å². The average molecular weight is 462 g/mol. The molecule has 2 heterocycles. The lowest BCUT2D eigenvalue weighted by Gasteiger charge is -2.13. The molecule has 1 N–H and O–H groups in total. The van der Waals surface area contributed by atoms with Crippen LogP contribution in [0.2, 0.25) is 0 Å². The van der Waals surface area contributed by atoms with Crippen molar-refractivity contribution in [2.45, 2.75) is 19.1 Å². The SMILES string of the molecule is C=CCOc1ccc(/C=C/C(=O)Nc2sc3c(c2C(=O)OCC)CCS(=O)(=O)C3)cc1. The van der Waals surface area contributed by atoms with Crippen LogP contribution in [0.4, 0.5) is 5.00 Å². The Morgan fingerprint density at radius 1 is 1.26 bits per heavy atom. The summed E-state index contributed by atoms with van der Waals surface area (Å²) in [6.07, 6.45) is 4.87. The summed E-state index contributed by atoms with van der Waals surface area (Å²) >= 11 is 1.11. The van der Waals surface area contributed by atoms with Crippen molar-refractivity contribution in [3.8, 4) is 5.75 Å². The minimum Gasteiger partial charge on any atom is -0.490 e. The Balaban J connectivity index is 1.77. The number of nitrogens with one attached hydrogen (secondary N) is 1. The highest BCUT2D eigenvalue weighted by Gasteiger charge is 2.31. The van der Waals surface area contributed by atoms with Crippen LogP contribution >= 0.6 is 11.3 Å². The Hall–Kier alpha value is -2.91. The van der Waals surface area contributed by atoms with Crippen molar-refractivity contribution >= 4 is 44.1 Å². The van der Waals surface area contributed by atoms with Crippen LogP contribution in [0, 0.1) is 0 Å². The van der Waals surface area contributed by atoms with Gasteiger partial charge in [0.05, 0.1) is 23.7 Å². The number of amides is 1. The second-order valence-electron chi connectivity index (χ2n) is 6.76. The number of fused-ring (bicyclic) bond motifs is 1. The van der Waals surface area contributed by atoms with Gasteiger partial charge in [0.2, 0.25) is 5.91 Å². The molecule has 0 unspecified atom stereocenters. The molecule has 0 atom stereocenters. The van der Waals surface area contributed by atoms with Crippen LogP contribution in [0.25, 0.3) is 6.08 Å². The van der Waals surface area contributed by atoms with Crippen molar-refractivity contribution in [2.24, 2.45) is 0 Å². The first-order chi connectivity index (χ1) is 14.8. The van der Waals surface area contributed by atoms with E-state index in [1.165, 1.54) is 6.08 Å². The van der Waals surface area contributed by atoms with Crippen LogP contribution in [0.3, 0.4) is 0 Å². The molecular formula is C22H23NO6S2. The fraction of sp³-hybridized carbons (Fsp3) is 0.273. The van der Waals surface area contributed by atoms with E-state index in [-0.39, 0.29) is 30.1 Å². The summed E-state index contributed by atoms with van der Waals surface area (Å²) in [6, 6.07) is 7.18. The van der Waals surface area contributed by atoms with Crippen molar-refractivity contribution < 1.29 is 27.5 Å². The molecule has 31 heavy (non-hydrogen) atoms. The van der Waals surface area contributed by atoms with Gasteiger partial charge in [-0.05, 0) is 42.7 Å². The third kappa shape index (κ3) is 5.83. The van der Waals surface area contributed by atoms with Gasteiger partial charge >= 0.3 is 5.97 Å². The Kier molecular flexibility index (Phi) is 7.29. The zero-order valence-corrected chi connectivity index (χ0v) is 18.7. The van der Waals surface area contributed by atoms with E-state index in [2.05, 4.69) is 11.9 Å². The first-order valence-electron chi connectivity index (χ1n) is 9.68. The number of hydrogen-bond acceptors (Lipinski definition) is 7. The first-order valence-corrected chi connectivity index (χ1v) is 12.3. The van der Waals surface area contributed by atoms with E-state index in [4.69, 9.17) is 9.47 Å². The molecule has 164 valence electrons. The van der Waals surface area contributed by atoms with Crippen LogP contribution in [-0.2, 0) is 31.5 Å². The van der Waals surface area contributed by atoms with Gasteiger partial charge in [0.1, 0.15) is 17.4 Å². The van der Waals surface area contributed by atoms with E-state index in [0.717, 1.165) is 16.9 Å². The zero-order valence-electron chi connectivity index (χ0n) is 17.1. The minimum absolute atomic E-state index is 0.0249. The van der Waals surface area contributed by atoms with Gasteiger partial charge in [0.25, 0.3) is 0 Å². The molecule has 0 saturated heterocycles. The summed E-state index contributed by atoms with van der Waals surface area (Å²) in [6.45, 7) is 5.88. The smallest absolute Gasteiger partial charge is 0.341 e. The second-order valence-corrected chi connectivity index (χ2v) is 10.1. The molecule has 1 aromatic heterocycles. The van der Waals surface area contributed by atoms with E-state index in [1.807, 2.05) is 0 Å². The van der Waals surface area contributed by atoms with Gasteiger partial charge < -0.3 is 14.8 Å². The van der Waals surface area contributed by atoms with Gasteiger partial charge in [-0.3, -0.25) is 4.79 Å². The number of hydrogen-bond donors (Lipinski definition) is 1. The minimum atomic E-state index is -3.21. The number of sulfone groups is 1. The number of anilines is 1. The Bertz CT molecular complexity index is 1110. The molecule has 7 nitrogen and oxygen atoms in total. The molecule has 3 rings (SSSR count). The standard InChI is InChI=1S/C22H23NO6S2/c1-3-12-29-16-8-5-15(6-9-16)7-10-19(24)23-21-20(22(25)28-4-2)17-11-13-31(26,27)14-18(17)30-21/h3,5-10H,1,4,11-14H2,2H3,(H,23,24)/b10-7+. The molecule has 1 amide bonds. The Morgan fingerprint density at radius 3 is 2.68 bits per heavy atom. The molecule has 0 radical (unpaired) electrons. The quantitative estimate of drug-likeness (QED) is 0.366. The van der Waals surface area contributed by atoms with Crippen LogP contribution in [-0.4, -0.2) is 39.3 Å². The molecule has 1 aromatic carbocycles. The normalized spacial score (nSPS) is 14.6. The maximum atomic E-state index is 12.5. The number of carbonyl (C=O) groups is 2. The summed E-state index contributed by atoms with van der Waals surface area (Å²) < 4.78 is 34.5. The third-order valence-electron chi connectivity index (χ3n) is 4.50. The fourth-order valence-corrected chi connectivity index (χ4v) is 6.13. The molecule has 0 fully saturated rings. The van der Waals surface area contributed by atoms with Crippen LogP contribution < -0.4 is 10.1 Å². The predicted octanol–water partition coefficient (Wildman–Crippen LogP) is 3.61. The van der Waals surface area contributed by atoms with E-state index in [1.54, 1.807) is 43.3 Å². The summed E-state index contributed by atoms with van der Waals surface area (Å²) in [4.78, 5) is 25.5. The number of carbonyl (C=O) groups excluding carboxylic acids is 2. The topological polar surface area (TPSA) is 98.8 Å².